The minimum atomic E-state index is -0.828. The van der Waals surface area contributed by atoms with Crippen molar-refractivity contribution >= 4 is 11.8 Å². The summed E-state index contributed by atoms with van der Waals surface area (Å²) in [4.78, 5) is 24.8. The molecule has 26 heavy (non-hydrogen) atoms. The van der Waals surface area contributed by atoms with Gasteiger partial charge in [0.1, 0.15) is 5.60 Å². The third-order valence-corrected chi connectivity index (χ3v) is 5.88. The van der Waals surface area contributed by atoms with E-state index in [-0.39, 0.29) is 12.2 Å². The summed E-state index contributed by atoms with van der Waals surface area (Å²) in [7, 11) is 0. The van der Waals surface area contributed by atoms with E-state index in [0.29, 0.717) is 37.0 Å². The number of Topliss-reactive ketones (excluding diaryl/α,β-unsaturated/α-hetero) is 1. The minimum Gasteiger partial charge on any atom is -0.450 e. The number of rotatable bonds is 5. The van der Waals surface area contributed by atoms with Crippen LogP contribution in [0.3, 0.4) is 0 Å². The molecule has 1 aliphatic carbocycles. The fourth-order valence-corrected chi connectivity index (χ4v) is 4.15. The number of carbonyl (C=O) groups is 2. The van der Waals surface area contributed by atoms with Gasteiger partial charge in [-0.2, -0.15) is 0 Å². The summed E-state index contributed by atoms with van der Waals surface area (Å²) >= 11 is 0. The lowest BCUT2D eigenvalue weighted by molar-refractivity contribution is -0.328. The second-order valence-corrected chi connectivity index (χ2v) is 7.45. The second kappa shape index (κ2) is 6.97. The van der Waals surface area contributed by atoms with Crippen LogP contribution in [0.4, 0.5) is 0 Å². The number of hydrogen-bond acceptors (Lipinski definition) is 5. The summed E-state index contributed by atoms with van der Waals surface area (Å²) in [5, 5.41) is 10.7. The van der Waals surface area contributed by atoms with Gasteiger partial charge in [-0.3, -0.25) is 4.79 Å². The summed E-state index contributed by atoms with van der Waals surface area (Å²) in [6.45, 7) is 7.51. The van der Waals surface area contributed by atoms with E-state index in [0.717, 1.165) is 0 Å². The van der Waals surface area contributed by atoms with Crippen molar-refractivity contribution in [3.05, 3.63) is 48.0 Å². The monoisotopic (exact) mass is 358 g/mol. The Kier molecular flexibility index (Phi) is 5.04. The highest BCUT2D eigenvalue weighted by Crippen LogP contribution is 2.52. The van der Waals surface area contributed by atoms with Gasteiger partial charge in [-0.25, -0.2) is 4.79 Å². The molecular weight excluding hydrogens is 332 g/mol. The zero-order valence-electron chi connectivity index (χ0n) is 15.4. The van der Waals surface area contributed by atoms with Crippen molar-refractivity contribution in [2.75, 3.05) is 6.61 Å². The van der Waals surface area contributed by atoms with Crippen LogP contribution in [0, 0.1) is 5.92 Å². The number of ether oxygens (including phenoxy) is 2. The third-order valence-electron chi connectivity index (χ3n) is 5.88. The molecule has 1 aliphatic heterocycles. The lowest BCUT2D eigenvalue weighted by atomic mass is 9.63. The molecule has 5 heteroatoms. The first-order valence-corrected chi connectivity index (χ1v) is 9.14. The molecule has 1 aromatic rings. The standard InChI is InChI=1S/C21H26O5/c1-4-20(26-19(24)14(2)3)13-25-21(20)11-10-16(17(22)12-21)18(23)15-8-6-5-7-9-15/h5-9,16-17,22H,2,4,10-13H2,1,3H3. The van der Waals surface area contributed by atoms with Gasteiger partial charge in [-0.05, 0) is 26.2 Å². The van der Waals surface area contributed by atoms with Gasteiger partial charge in [0.05, 0.1) is 12.7 Å². The quantitative estimate of drug-likeness (QED) is 0.497. The molecule has 3 rings (SSSR count). The van der Waals surface area contributed by atoms with Crippen LogP contribution in [0.2, 0.25) is 0 Å². The molecule has 1 saturated heterocycles. The van der Waals surface area contributed by atoms with Gasteiger partial charge >= 0.3 is 5.97 Å². The molecule has 4 unspecified atom stereocenters. The molecule has 1 spiro atoms. The van der Waals surface area contributed by atoms with Gasteiger partial charge in [0.25, 0.3) is 0 Å². The van der Waals surface area contributed by atoms with Crippen LogP contribution in [-0.2, 0) is 14.3 Å². The maximum Gasteiger partial charge on any atom is 0.333 e. The van der Waals surface area contributed by atoms with Gasteiger partial charge < -0.3 is 14.6 Å². The van der Waals surface area contributed by atoms with Crippen molar-refractivity contribution in [2.45, 2.75) is 56.8 Å². The molecule has 4 atom stereocenters. The highest BCUT2D eigenvalue weighted by atomic mass is 16.6. The van der Waals surface area contributed by atoms with Crippen molar-refractivity contribution in [1.29, 1.82) is 0 Å². The number of aliphatic hydroxyl groups is 1. The topological polar surface area (TPSA) is 72.8 Å². The maximum atomic E-state index is 12.7. The van der Waals surface area contributed by atoms with Crippen LogP contribution in [0.25, 0.3) is 0 Å². The van der Waals surface area contributed by atoms with Crippen molar-refractivity contribution in [2.24, 2.45) is 5.92 Å². The van der Waals surface area contributed by atoms with Crippen molar-refractivity contribution in [1.82, 2.24) is 0 Å². The van der Waals surface area contributed by atoms with E-state index in [2.05, 4.69) is 6.58 Å². The highest BCUT2D eigenvalue weighted by molar-refractivity contribution is 5.98. The van der Waals surface area contributed by atoms with Crippen LogP contribution < -0.4 is 0 Å². The molecule has 2 fully saturated rings. The van der Waals surface area contributed by atoms with Gasteiger partial charge in [0.15, 0.2) is 11.4 Å². The predicted octanol–water partition coefficient (Wildman–Crippen LogP) is 3.07. The first-order chi connectivity index (χ1) is 12.3. The lowest BCUT2D eigenvalue weighted by Gasteiger charge is -2.60. The SMILES string of the molecule is C=C(C)C(=O)OC1(CC)COC12CCC(C(=O)c1ccccc1)C(O)C2. The van der Waals surface area contributed by atoms with E-state index in [1.165, 1.54) is 0 Å². The molecule has 0 amide bonds. The van der Waals surface area contributed by atoms with Gasteiger partial charge in [0.2, 0.25) is 0 Å². The lowest BCUT2D eigenvalue weighted by Crippen LogP contribution is -2.72. The zero-order chi connectivity index (χ0) is 18.9. The summed E-state index contributed by atoms with van der Waals surface area (Å²) in [6.07, 6.45) is 1.13. The molecule has 0 aromatic heterocycles. The molecule has 0 bridgehead atoms. The molecule has 1 N–H and O–H groups in total. The number of aliphatic hydroxyl groups excluding tert-OH is 1. The largest absolute Gasteiger partial charge is 0.450 e. The van der Waals surface area contributed by atoms with E-state index in [1.807, 2.05) is 25.1 Å². The Bertz CT molecular complexity index is 708. The smallest absolute Gasteiger partial charge is 0.333 e. The Morgan fingerprint density at radius 3 is 2.54 bits per heavy atom. The van der Waals surface area contributed by atoms with Gasteiger partial charge in [-0.15, -0.1) is 0 Å². The molecular formula is C21H26O5. The van der Waals surface area contributed by atoms with Crippen molar-refractivity contribution < 1.29 is 24.2 Å². The van der Waals surface area contributed by atoms with Gasteiger partial charge in [-0.1, -0.05) is 43.8 Å². The number of esters is 1. The first kappa shape index (κ1) is 18.8. The minimum absolute atomic E-state index is 0.0479. The summed E-state index contributed by atoms with van der Waals surface area (Å²) in [6, 6.07) is 9.03. The van der Waals surface area contributed by atoms with E-state index in [4.69, 9.17) is 9.47 Å². The highest BCUT2D eigenvalue weighted by Gasteiger charge is 2.65. The molecule has 1 saturated carbocycles. The zero-order valence-corrected chi connectivity index (χ0v) is 15.4. The Morgan fingerprint density at radius 2 is 2.04 bits per heavy atom. The maximum absolute atomic E-state index is 12.7. The normalized spacial score (nSPS) is 33.3. The van der Waals surface area contributed by atoms with Crippen LogP contribution in [0.1, 0.15) is 49.9 Å². The predicted molar refractivity (Wildman–Crippen MR) is 96.7 cm³/mol. The number of ketones is 1. The third kappa shape index (κ3) is 2.99. The van der Waals surface area contributed by atoms with E-state index in [9.17, 15) is 14.7 Å². The summed E-state index contributed by atoms with van der Waals surface area (Å²) in [5.74, 6) is -0.946. The average molecular weight is 358 g/mol. The number of hydrogen-bond donors (Lipinski definition) is 1. The molecule has 1 heterocycles. The number of carbonyl (C=O) groups excluding carboxylic acids is 2. The van der Waals surface area contributed by atoms with Gasteiger partial charge in [0, 0.05) is 23.5 Å². The van der Waals surface area contributed by atoms with Crippen LogP contribution >= 0.6 is 0 Å². The summed E-state index contributed by atoms with van der Waals surface area (Å²) < 4.78 is 11.6. The van der Waals surface area contributed by atoms with Crippen LogP contribution in [0.5, 0.6) is 0 Å². The average Bonchev–Trinajstić information content (AvgIpc) is 2.64. The second-order valence-electron chi connectivity index (χ2n) is 7.45. The molecule has 0 radical (unpaired) electrons. The van der Waals surface area contributed by atoms with Crippen molar-refractivity contribution in [3.63, 3.8) is 0 Å². The molecule has 1 aromatic carbocycles. The van der Waals surface area contributed by atoms with Crippen LogP contribution in [0.15, 0.2) is 42.5 Å². The fraction of sp³-hybridized carbons (Fsp3) is 0.524. The van der Waals surface area contributed by atoms with E-state index >= 15 is 0 Å². The molecule has 5 nitrogen and oxygen atoms in total. The van der Waals surface area contributed by atoms with E-state index < -0.39 is 29.2 Å². The Balaban J connectivity index is 1.76. The Morgan fingerprint density at radius 1 is 1.35 bits per heavy atom. The molecule has 2 aliphatic rings. The first-order valence-electron chi connectivity index (χ1n) is 9.14. The van der Waals surface area contributed by atoms with E-state index in [1.54, 1.807) is 19.1 Å². The molecule has 140 valence electrons. The fourth-order valence-electron chi connectivity index (χ4n) is 4.15. The summed E-state index contributed by atoms with van der Waals surface area (Å²) in [5.41, 5.74) is -0.532. The number of benzene rings is 1. The van der Waals surface area contributed by atoms with Crippen LogP contribution in [-0.4, -0.2) is 40.8 Å². The Labute approximate surface area is 154 Å². The van der Waals surface area contributed by atoms with Crippen molar-refractivity contribution in [3.8, 4) is 0 Å². The Hall–Kier alpha value is -1.98.